The van der Waals surface area contributed by atoms with Crippen LogP contribution in [0.1, 0.15) is 39.0 Å². The fourth-order valence-electron chi connectivity index (χ4n) is 1.84. The number of carboxylic acids is 1. The lowest BCUT2D eigenvalue weighted by Gasteiger charge is -2.26. The number of carbonyl (C=O) groups is 2. The van der Waals surface area contributed by atoms with Gasteiger partial charge in [-0.2, -0.15) is 0 Å². The number of hydrogen-bond acceptors (Lipinski definition) is 3. The van der Waals surface area contributed by atoms with E-state index in [2.05, 4.69) is 13.5 Å². The van der Waals surface area contributed by atoms with Gasteiger partial charge in [0, 0.05) is 5.57 Å². The van der Waals surface area contributed by atoms with Crippen LogP contribution in [0.5, 0.6) is 0 Å². The van der Waals surface area contributed by atoms with Gasteiger partial charge in [0.25, 0.3) is 0 Å². The fraction of sp³-hybridized carbons (Fsp3) is 0.667. The van der Waals surface area contributed by atoms with Crippen molar-refractivity contribution < 1.29 is 19.4 Å². The topological polar surface area (TPSA) is 63.6 Å². The van der Waals surface area contributed by atoms with Crippen molar-refractivity contribution in [1.29, 1.82) is 0 Å². The van der Waals surface area contributed by atoms with Crippen LogP contribution in [0.25, 0.3) is 0 Å². The zero-order valence-electron chi connectivity index (χ0n) is 9.57. The van der Waals surface area contributed by atoms with Crippen LogP contribution < -0.4 is 0 Å². The number of aliphatic carboxylic acids is 1. The minimum absolute atomic E-state index is 0.0196. The first kappa shape index (κ1) is 12.7. The molecule has 4 heteroatoms. The molecule has 0 aromatic rings. The molecule has 0 radical (unpaired) electrons. The molecule has 0 bridgehead atoms. The molecule has 1 aliphatic rings. The highest BCUT2D eigenvalue weighted by Crippen LogP contribution is 2.26. The minimum Gasteiger partial charge on any atom is -0.481 e. The summed E-state index contributed by atoms with van der Waals surface area (Å²) in [7, 11) is 0. The fourth-order valence-corrected chi connectivity index (χ4v) is 1.84. The Hall–Kier alpha value is -1.32. The third-order valence-corrected chi connectivity index (χ3v) is 2.89. The zero-order valence-corrected chi connectivity index (χ0v) is 9.57. The Labute approximate surface area is 95.3 Å². The predicted molar refractivity (Wildman–Crippen MR) is 58.9 cm³/mol. The highest BCUT2D eigenvalue weighted by atomic mass is 16.5. The van der Waals surface area contributed by atoms with Gasteiger partial charge in [-0.05, 0) is 31.6 Å². The van der Waals surface area contributed by atoms with Gasteiger partial charge in [-0.1, -0.05) is 13.5 Å². The first-order valence-corrected chi connectivity index (χ1v) is 5.59. The molecule has 0 aromatic heterocycles. The average Bonchev–Trinajstić information content (AvgIpc) is 2.20. The number of carbonyl (C=O) groups excluding carboxylic acids is 1. The SMILES string of the molecule is C=C(CC(=O)O)C(=O)OC1CCC(C)CC1. The van der Waals surface area contributed by atoms with Crippen molar-refractivity contribution in [1.82, 2.24) is 0 Å². The Morgan fingerprint density at radius 2 is 1.88 bits per heavy atom. The van der Waals surface area contributed by atoms with Crippen LogP contribution in [0.4, 0.5) is 0 Å². The maximum Gasteiger partial charge on any atom is 0.334 e. The largest absolute Gasteiger partial charge is 0.481 e. The van der Waals surface area contributed by atoms with Crippen molar-refractivity contribution in [3.8, 4) is 0 Å². The van der Waals surface area contributed by atoms with Gasteiger partial charge in [-0.15, -0.1) is 0 Å². The molecule has 0 spiro atoms. The molecule has 90 valence electrons. The van der Waals surface area contributed by atoms with Gasteiger partial charge in [-0.25, -0.2) is 4.79 Å². The van der Waals surface area contributed by atoms with E-state index in [1.165, 1.54) is 0 Å². The lowest BCUT2D eigenvalue weighted by Crippen LogP contribution is -2.24. The van der Waals surface area contributed by atoms with Crippen LogP contribution in [-0.4, -0.2) is 23.1 Å². The van der Waals surface area contributed by atoms with Crippen molar-refractivity contribution in [2.24, 2.45) is 5.92 Å². The first-order chi connectivity index (χ1) is 7.49. The summed E-state index contributed by atoms with van der Waals surface area (Å²) in [5, 5.41) is 8.50. The number of esters is 1. The van der Waals surface area contributed by atoms with Crippen LogP contribution in [0.3, 0.4) is 0 Å². The van der Waals surface area contributed by atoms with Crippen molar-refractivity contribution in [2.75, 3.05) is 0 Å². The van der Waals surface area contributed by atoms with Crippen molar-refractivity contribution >= 4 is 11.9 Å². The van der Waals surface area contributed by atoms with Gasteiger partial charge in [0.05, 0.1) is 6.42 Å². The summed E-state index contributed by atoms with van der Waals surface area (Å²) in [5.74, 6) is -0.932. The third-order valence-electron chi connectivity index (χ3n) is 2.89. The third kappa shape index (κ3) is 4.04. The van der Waals surface area contributed by atoms with Gasteiger partial charge in [-0.3, -0.25) is 4.79 Å². The normalized spacial score (nSPS) is 24.8. The summed E-state index contributed by atoms with van der Waals surface area (Å²) in [6, 6.07) is 0. The molecular formula is C12H18O4. The van der Waals surface area contributed by atoms with Crippen molar-refractivity contribution in [3.63, 3.8) is 0 Å². The molecular weight excluding hydrogens is 208 g/mol. The summed E-state index contributed by atoms with van der Waals surface area (Å²) in [5.41, 5.74) is 0.0196. The Morgan fingerprint density at radius 1 is 1.31 bits per heavy atom. The maximum absolute atomic E-state index is 11.4. The highest BCUT2D eigenvalue weighted by Gasteiger charge is 2.22. The second kappa shape index (κ2) is 5.68. The van der Waals surface area contributed by atoms with Gasteiger partial charge in [0.15, 0.2) is 0 Å². The molecule has 0 saturated heterocycles. The summed E-state index contributed by atoms with van der Waals surface area (Å²) >= 11 is 0. The van der Waals surface area contributed by atoms with Crippen LogP contribution in [-0.2, 0) is 14.3 Å². The summed E-state index contributed by atoms with van der Waals surface area (Å²) in [6.45, 7) is 5.60. The average molecular weight is 226 g/mol. The minimum atomic E-state index is -1.06. The van der Waals surface area contributed by atoms with Gasteiger partial charge < -0.3 is 9.84 Å². The standard InChI is InChI=1S/C12H18O4/c1-8-3-5-10(6-4-8)16-12(15)9(2)7-11(13)14/h8,10H,2-7H2,1H3,(H,13,14). The molecule has 4 nitrogen and oxygen atoms in total. The second-order valence-corrected chi connectivity index (χ2v) is 4.46. The van der Waals surface area contributed by atoms with E-state index in [1.54, 1.807) is 0 Å². The molecule has 0 heterocycles. The number of hydrogen-bond donors (Lipinski definition) is 1. The van der Waals surface area contributed by atoms with Crippen LogP contribution in [0, 0.1) is 5.92 Å². The Balaban J connectivity index is 2.34. The van der Waals surface area contributed by atoms with E-state index in [9.17, 15) is 9.59 Å². The summed E-state index contributed by atoms with van der Waals surface area (Å²) in [6.07, 6.45) is 3.45. The van der Waals surface area contributed by atoms with E-state index in [1.807, 2.05) is 0 Å². The molecule has 1 rings (SSSR count). The Morgan fingerprint density at radius 3 is 2.38 bits per heavy atom. The highest BCUT2D eigenvalue weighted by molar-refractivity contribution is 5.92. The Kier molecular flexibility index (Phi) is 4.52. The lowest BCUT2D eigenvalue weighted by atomic mass is 9.89. The molecule has 1 saturated carbocycles. The van der Waals surface area contributed by atoms with E-state index in [0.29, 0.717) is 5.92 Å². The monoisotopic (exact) mass is 226 g/mol. The van der Waals surface area contributed by atoms with Crippen LogP contribution in [0.15, 0.2) is 12.2 Å². The molecule has 0 unspecified atom stereocenters. The summed E-state index contributed by atoms with van der Waals surface area (Å²) < 4.78 is 5.20. The lowest BCUT2D eigenvalue weighted by molar-refractivity contribution is -0.148. The number of carboxylic acid groups (broad SMARTS) is 1. The van der Waals surface area contributed by atoms with Gasteiger partial charge in [0.1, 0.15) is 6.10 Å². The molecule has 1 fully saturated rings. The van der Waals surface area contributed by atoms with Crippen LogP contribution >= 0.6 is 0 Å². The zero-order chi connectivity index (χ0) is 12.1. The molecule has 0 amide bonds. The second-order valence-electron chi connectivity index (χ2n) is 4.46. The predicted octanol–water partition coefficient (Wildman–Crippen LogP) is 2.14. The summed E-state index contributed by atoms with van der Waals surface area (Å²) in [4.78, 5) is 21.8. The smallest absolute Gasteiger partial charge is 0.334 e. The van der Waals surface area contributed by atoms with E-state index in [-0.39, 0.29) is 18.1 Å². The molecule has 1 aliphatic carbocycles. The maximum atomic E-state index is 11.4. The van der Waals surface area contributed by atoms with E-state index >= 15 is 0 Å². The Bertz CT molecular complexity index is 287. The number of ether oxygens (including phenoxy) is 1. The van der Waals surface area contributed by atoms with Gasteiger partial charge >= 0.3 is 11.9 Å². The molecule has 1 N–H and O–H groups in total. The van der Waals surface area contributed by atoms with Gasteiger partial charge in [0.2, 0.25) is 0 Å². The van der Waals surface area contributed by atoms with E-state index in [4.69, 9.17) is 9.84 Å². The molecule has 0 aromatic carbocycles. The van der Waals surface area contributed by atoms with Crippen molar-refractivity contribution in [3.05, 3.63) is 12.2 Å². The number of rotatable bonds is 4. The van der Waals surface area contributed by atoms with E-state index in [0.717, 1.165) is 25.7 Å². The molecule has 0 atom stereocenters. The van der Waals surface area contributed by atoms with Crippen LogP contribution in [0.2, 0.25) is 0 Å². The van der Waals surface area contributed by atoms with Crippen molar-refractivity contribution in [2.45, 2.75) is 45.1 Å². The molecule has 16 heavy (non-hydrogen) atoms. The van der Waals surface area contributed by atoms with E-state index < -0.39 is 11.9 Å². The molecule has 0 aliphatic heterocycles. The first-order valence-electron chi connectivity index (χ1n) is 5.59. The quantitative estimate of drug-likeness (QED) is 0.589.